The molecule has 3 aromatic rings. The number of piperidine rings is 2. The standard InChI is InChI=1S/C60H72F2N8O10S/c1-34(71)64-40-16-18-46(66-56(77)51-30-38-29-39(60(2,61)62)15-22-50(38)81-51)59(80)70-41(31-40)17-20-48(70)55(76)65-45(19-23-52(63)73)49(72)32-43(36-10-4-3-5-11-36)57(78)68-27-25-35(26-28-68)9-6-7-12-37-13-8-14-42-44(37)33-69(58(42)79)47-21-24-53(74)67-54(47)75/h8,13-15,22,29-30,35-36,40-41,43,45-48H,3-6,9-11,16-21,23-28,31-33H2,1-2H3,(H2,63,73)(H,64,71)(H,65,76)(H,66,77)(H,67,74,75)/t40-,41-,43+,45+,46+,47?,48+/m1/s1. The van der Waals surface area contributed by atoms with E-state index >= 15 is 0 Å². The van der Waals surface area contributed by atoms with Crippen LogP contribution in [0.4, 0.5) is 8.78 Å². The van der Waals surface area contributed by atoms with Crippen molar-refractivity contribution in [3.05, 3.63) is 69.6 Å². The minimum absolute atomic E-state index is 0.0643. The van der Waals surface area contributed by atoms with Gasteiger partial charge in [0.15, 0.2) is 5.78 Å². The van der Waals surface area contributed by atoms with Crippen LogP contribution in [0.2, 0.25) is 0 Å². The van der Waals surface area contributed by atoms with E-state index in [1.807, 2.05) is 11.0 Å². The molecule has 2 aromatic carbocycles. The van der Waals surface area contributed by atoms with Crippen LogP contribution in [0.15, 0.2) is 42.5 Å². The van der Waals surface area contributed by atoms with Crippen LogP contribution >= 0.6 is 11.3 Å². The monoisotopic (exact) mass is 1130 g/mol. The average Bonchev–Trinajstić information content (AvgIpc) is 4.24. The van der Waals surface area contributed by atoms with E-state index < -0.39 is 83.4 Å². The van der Waals surface area contributed by atoms with E-state index in [9.17, 15) is 56.7 Å². The lowest BCUT2D eigenvalue weighted by atomic mass is 9.76. The number of Topliss-reactive ketones (excluding diaryl/α,β-unsaturated/α-hetero) is 1. The fourth-order valence-corrected chi connectivity index (χ4v) is 14.0. The van der Waals surface area contributed by atoms with Crippen molar-refractivity contribution >= 4 is 80.4 Å². The van der Waals surface area contributed by atoms with Crippen molar-refractivity contribution in [2.75, 3.05) is 13.1 Å². The number of halogens is 2. The van der Waals surface area contributed by atoms with E-state index in [0.717, 1.165) is 80.8 Å². The lowest BCUT2D eigenvalue weighted by molar-refractivity contribution is -0.144. The number of nitrogens with one attached hydrogen (secondary N) is 4. The number of alkyl halides is 2. The molecule has 1 saturated carbocycles. The summed E-state index contributed by atoms with van der Waals surface area (Å²) in [6.07, 6.45) is 8.59. The fraction of sp³-hybridized carbons (Fsp3) is 0.567. The number of primary amides is 1. The second kappa shape index (κ2) is 25.4. The highest BCUT2D eigenvalue weighted by Gasteiger charge is 2.47. The first-order chi connectivity index (χ1) is 38.7. The van der Waals surface area contributed by atoms with Crippen LogP contribution in [0.5, 0.6) is 0 Å². The molecule has 0 bridgehead atoms. The number of carbonyl (C=O) groups is 10. The predicted octanol–water partition coefficient (Wildman–Crippen LogP) is 5.90. The zero-order chi connectivity index (χ0) is 57.7. The Morgan fingerprint density at radius 3 is 2.38 bits per heavy atom. The van der Waals surface area contributed by atoms with E-state index in [1.54, 1.807) is 12.1 Å². The van der Waals surface area contributed by atoms with Crippen LogP contribution < -0.4 is 27.0 Å². The van der Waals surface area contributed by atoms with Crippen molar-refractivity contribution in [1.29, 1.82) is 0 Å². The van der Waals surface area contributed by atoms with Crippen molar-refractivity contribution in [3.63, 3.8) is 0 Å². The van der Waals surface area contributed by atoms with E-state index in [2.05, 4.69) is 33.1 Å². The summed E-state index contributed by atoms with van der Waals surface area (Å²) in [6, 6.07) is 5.99. The van der Waals surface area contributed by atoms with Crippen molar-refractivity contribution in [3.8, 4) is 11.8 Å². The van der Waals surface area contributed by atoms with Gasteiger partial charge in [0.1, 0.15) is 18.1 Å². The molecule has 1 aromatic heterocycles. The highest BCUT2D eigenvalue weighted by atomic mass is 32.1. The third kappa shape index (κ3) is 13.8. The summed E-state index contributed by atoms with van der Waals surface area (Å²) in [5.41, 5.74) is 7.39. The maximum absolute atomic E-state index is 14.7. The number of nitrogens with zero attached hydrogens (tertiary/aromatic N) is 3. The Hall–Kier alpha value is -7.08. The molecule has 6 N–H and O–H groups in total. The van der Waals surface area contributed by atoms with Crippen molar-refractivity contribution in [2.24, 2.45) is 23.5 Å². The zero-order valence-electron chi connectivity index (χ0n) is 46.0. The topological polar surface area (TPSA) is 255 Å². The van der Waals surface area contributed by atoms with Crippen LogP contribution in [-0.4, -0.2) is 123 Å². The first-order valence-electron chi connectivity index (χ1n) is 28.7. The first-order valence-corrected chi connectivity index (χ1v) is 29.5. The summed E-state index contributed by atoms with van der Waals surface area (Å²) in [6.45, 7) is 3.42. The predicted molar refractivity (Wildman–Crippen MR) is 296 cm³/mol. The van der Waals surface area contributed by atoms with Gasteiger partial charge in [-0.25, -0.2) is 8.78 Å². The summed E-state index contributed by atoms with van der Waals surface area (Å²) >= 11 is 1.09. The number of benzene rings is 2. The Labute approximate surface area is 473 Å². The number of carbonyl (C=O) groups excluding carboxylic acids is 10. The summed E-state index contributed by atoms with van der Waals surface area (Å²) in [4.78, 5) is 140. The number of likely N-dealkylation sites (tertiary alicyclic amines) is 1. The second-order valence-electron chi connectivity index (χ2n) is 23.1. The Kier molecular flexibility index (Phi) is 18.3. The molecule has 5 fully saturated rings. The molecule has 1 aliphatic carbocycles. The van der Waals surface area contributed by atoms with E-state index in [4.69, 9.17) is 5.73 Å². The Balaban J connectivity index is 0.840. The van der Waals surface area contributed by atoms with Crippen molar-refractivity contribution < 1.29 is 56.7 Å². The molecule has 432 valence electrons. The largest absolute Gasteiger partial charge is 0.370 e. The van der Waals surface area contributed by atoms with Gasteiger partial charge in [-0.05, 0) is 130 Å². The number of thiophene rings is 1. The number of ketones is 1. The van der Waals surface area contributed by atoms with Crippen LogP contribution in [-0.2, 0) is 50.8 Å². The van der Waals surface area contributed by atoms with Gasteiger partial charge in [0.25, 0.3) is 17.7 Å². The zero-order valence-corrected chi connectivity index (χ0v) is 46.8. The van der Waals surface area contributed by atoms with Crippen molar-refractivity contribution in [1.82, 2.24) is 36.0 Å². The highest BCUT2D eigenvalue weighted by Crippen LogP contribution is 2.38. The number of hydrogen-bond donors (Lipinski definition) is 5. The molecule has 9 rings (SSSR count). The number of imide groups is 1. The molecule has 81 heavy (non-hydrogen) atoms. The molecular formula is C60H72F2N8O10S. The molecule has 18 nitrogen and oxygen atoms in total. The molecule has 7 atom stereocenters. The van der Waals surface area contributed by atoms with Gasteiger partial charge in [-0.2, -0.15) is 0 Å². The Morgan fingerprint density at radius 1 is 0.901 bits per heavy atom. The summed E-state index contributed by atoms with van der Waals surface area (Å²) in [5, 5.41) is 11.5. The first kappa shape index (κ1) is 58.6. The SMILES string of the molecule is CC(=O)N[C@@H]1CC[C@H](NC(=O)c2cc3cc(C(C)(F)F)ccc3s2)C(=O)N2[C@H](CC[C@H]2C(=O)N[C@@H](CCC(N)=O)C(=O)C[C@H](C(=O)N2CCC(CCC#Cc3cccc4c3CN(C3CCC(=O)NC3=O)C4=O)CC2)C2CCCCC2)C1. The molecule has 6 aliphatic rings. The summed E-state index contributed by atoms with van der Waals surface area (Å²) in [5.74, 6) is -1.29. The van der Waals surface area contributed by atoms with Gasteiger partial charge < -0.3 is 36.4 Å². The molecular weight excluding hydrogens is 1060 g/mol. The van der Waals surface area contributed by atoms with Gasteiger partial charge in [-0.15, -0.1) is 11.3 Å². The molecule has 21 heteroatoms. The number of amides is 9. The minimum atomic E-state index is -3.09. The maximum atomic E-state index is 14.7. The third-order valence-corrected chi connectivity index (χ3v) is 18.5. The number of fused-ring (bicyclic) bond motifs is 3. The van der Waals surface area contributed by atoms with Gasteiger partial charge >= 0.3 is 0 Å². The van der Waals surface area contributed by atoms with Gasteiger partial charge in [0.05, 0.1) is 10.9 Å². The van der Waals surface area contributed by atoms with Gasteiger partial charge in [0.2, 0.25) is 41.4 Å². The highest BCUT2D eigenvalue weighted by molar-refractivity contribution is 7.20. The minimum Gasteiger partial charge on any atom is -0.370 e. The van der Waals surface area contributed by atoms with E-state index in [1.165, 1.54) is 41.0 Å². The quantitative estimate of drug-likeness (QED) is 0.0791. The molecule has 6 heterocycles. The Morgan fingerprint density at radius 2 is 1.67 bits per heavy atom. The average molecular weight is 1140 g/mol. The lowest BCUT2D eigenvalue weighted by Gasteiger charge is -2.38. The lowest BCUT2D eigenvalue weighted by Crippen LogP contribution is -2.59. The number of nitrogens with two attached hydrogens (primary N) is 1. The van der Waals surface area contributed by atoms with Gasteiger partial charge in [-0.1, -0.05) is 43.2 Å². The summed E-state index contributed by atoms with van der Waals surface area (Å²) < 4.78 is 29.0. The van der Waals surface area contributed by atoms with Gasteiger partial charge in [0, 0.05) is 98.6 Å². The third-order valence-electron chi connectivity index (χ3n) is 17.4. The smallest absolute Gasteiger partial charge is 0.270 e. The van der Waals surface area contributed by atoms with Crippen LogP contribution in [0.25, 0.3) is 10.1 Å². The molecule has 1 unspecified atom stereocenters. The van der Waals surface area contributed by atoms with Crippen LogP contribution in [0, 0.1) is 29.6 Å². The summed E-state index contributed by atoms with van der Waals surface area (Å²) in [7, 11) is 0. The second-order valence-corrected chi connectivity index (χ2v) is 24.1. The normalized spacial score (nSPS) is 23.5. The van der Waals surface area contributed by atoms with Crippen LogP contribution in [0.3, 0.4) is 0 Å². The number of hydrogen-bond acceptors (Lipinski definition) is 11. The molecule has 0 radical (unpaired) electrons. The molecule has 5 aliphatic heterocycles. The molecule has 0 spiro atoms. The van der Waals surface area contributed by atoms with Gasteiger partial charge in [-0.3, -0.25) is 53.3 Å². The Bertz CT molecular complexity index is 3040. The van der Waals surface area contributed by atoms with Crippen molar-refractivity contribution in [2.45, 2.75) is 185 Å². The van der Waals surface area contributed by atoms with E-state index in [-0.39, 0.29) is 91.5 Å². The van der Waals surface area contributed by atoms with Crippen LogP contribution in [0.1, 0.15) is 173 Å². The van der Waals surface area contributed by atoms with E-state index in [0.29, 0.717) is 60.3 Å². The maximum Gasteiger partial charge on any atom is 0.270 e. The molecule has 4 saturated heterocycles. The fourth-order valence-electron chi connectivity index (χ4n) is 13.1. The number of rotatable bonds is 17. The molecule has 9 amide bonds.